The van der Waals surface area contributed by atoms with E-state index in [1.165, 1.54) is 0 Å². The van der Waals surface area contributed by atoms with Crippen LogP contribution in [0.2, 0.25) is 0 Å². The minimum Gasteiger partial charge on any atom is -0.378 e. The van der Waals surface area contributed by atoms with Gasteiger partial charge in [-0.2, -0.15) is 0 Å². The number of halogens is 1. The molecule has 1 amide bonds. The first-order chi connectivity index (χ1) is 8.06. The van der Waals surface area contributed by atoms with Crippen molar-refractivity contribution >= 4 is 27.5 Å². The monoisotopic (exact) mass is 297 g/mol. The van der Waals surface area contributed by atoms with E-state index in [0.29, 0.717) is 6.61 Å². The molecule has 17 heavy (non-hydrogen) atoms. The first-order valence-electron chi connectivity index (χ1n) is 5.75. The quantitative estimate of drug-likeness (QED) is 0.911. The third kappa shape index (κ3) is 3.07. The van der Waals surface area contributed by atoms with Crippen molar-refractivity contribution < 1.29 is 9.53 Å². The number of benzene rings is 1. The molecule has 1 aromatic carbocycles. The molecular weight excluding hydrogens is 282 g/mol. The molecule has 4 heteroatoms. The standard InChI is InChI=1S/C13H16BrNO2/c1-8-3-4-11(6-12(8)14)15-13(16)10-5-9(2)17-7-10/h3-4,6,9-10H,5,7H2,1-2H3,(H,15,16). The van der Waals surface area contributed by atoms with Crippen molar-refractivity contribution in [2.45, 2.75) is 26.4 Å². The highest BCUT2D eigenvalue weighted by Crippen LogP contribution is 2.23. The maximum absolute atomic E-state index is 12.0. The number of rotatable bonds is 2. The van der Waals surface area contributed by atoms with Gasteiger partial charge in [0.2, 0.25) is 5.91 Å². The fraction of sp³-hybridized carbons (Fsp3) is 0.462. The normalized spacial score (nSPS) is 23.7. The van der Waals surface area contributed by atoms with Gasteiger partial charge in [-0.1, -0.05) is 22.0 Å². The van der Waals surface area contributed by atoms with E-state index in [9.17, 15) is 4.79 Å². The Kier molecular flexibility index (Phi) is 3.84. The van der Waals surface area contributed by atoms with E-state index < -0.39 is 0 Å². The van der Waals surface area contributed by atoms with Gasteiger partial charge in [0.15, 0.2) is 0 Å². The molecule has 1 N–H and O–H groups in total. The van der Waals surface area contributed by atoms with Gasteiger partial charge in [0.25, 0.3) is 0 Å². The molecule has 1 fully saturated rings. The van der Waals surface area contributed by atoms with Crippen LogP contribution in [0.1, 0.15) is 18.9 Å². The first kappa shape index (κ1) is 12.6. The minimum absolute atomic E-state index is 0.0231. The molecule has 0 spiro atoms. The fourth-order valence-corrected chi connectivity index (χ4v) is 2.29. The van der Waals surface area contributed by atoms with E-state index in [0.717, 1.165) is 22.1 Å². The van der Waals surface area contributed by atoms with Crippen LogP contribution in [-0.4, -0.2) is 18.6 Å². The van der Waals surface area contributed by atoms with Crippen LogP contribution in [0.3, 0.4) is 0 Å². The molecule has 2 unspecified atom stereocenters. The van der Waals surface area contributed by atoms with Crippen LogP contribution in [-0.2, 0) is 9.53 Å². The van der Waals surface area contributed by atoms with Crippen LogP contribution in [0.25, 0.3) is 0 Å². The number of nitrogens with one attached hydrogen (secondary N) is 1. The van der Waals surface area contributed by atoms with Crippen LogP contribution in [0, 0.1) is 12.8 Å². The van der Waals surface area contributed by atoms with Gasteiger partial charge in [0.05, 0.1) is 18.6 Å². The maximum atomic E-state index is 12.0. The molecular formula is C13H16BrNO2. The summed E-state index contributed by atoms with van der Waals surface area (Å²) in [5.74, 6) is 0.0233. The third-order valence-corrected chi connectivity index (χ3v) is 3.86. The number of carbonyl (C=O) groups excluding carboxylic acids is 1. The molecule has 0 aromatic heterocycles. The average molecular weight is 298 g/mol. The zero-order valence-corrected chi connectivity index (χ0v) is 11.6. The second-order valence-corrected chi connectivity index (χ2v) is 5.38. The molecule has 0 bridgehead atoms. The Morgan fingerprint density at radius 1 is 1.53 bits per heavy atom. The second-order valence-electron chi connectivity index (χ2n) is 4.53. The lowest BCUT2D eigenvalue weighted by molar-refractivity contribution is -0.119. The molecule has 1 aromatic rings. The fourth-order valence-electron chi connectivity index (χ4n) is 1.91. The number of hydrogen-bond donors (Lipinski definition) is 1. The SMILES string of the molecule is Cc1ccc(NC(=O)C2COC(C)C2)cc1Br. The molecule has 0 aliphatic carbocycles. The van der Waals surface area contributed by atoms with E-state index in [4.69, 9.17) is 4.74 Å². The Morgan fingerprint density at radius 3 is 2.88 bits per heavy atom. The van der Waals surface area contributed by atoms with Gasteiger partial charge in [-0.05, 0) is 38.0 Å². The van der Waals surface area contributed by atoms with Crippen molar-refractivity contribution in [2.75, 3.05) is 11.9 Å². The van der Waals surface area contributed by atoms with Crippen LogP contribution in [0.15, 0.2) is 22.7 Å². The summed E-state index contributed by atoms with van der Waals surface area (Å²) in [6.07, 6.45) is 0.995. The summed E-state index contributed by atoms with van der Waals surface area (Å²) in [6, 6.07) is 5.82. The van der Waals surface area contributed by atoms with Crippen molar-refractivity contribution in [1.82, 2.24) is 0 Å². The van der Waals surface area contributed by atoms with Gasteiger partial charge in [0, 0.05) is 10.2 Å². The van der Waals surface area contributed by atoms with E-state index in [2.05, 4.69) is 21.2 Å². The van der Waals surface area contributed by atoms with Gasteiger partial charge in [-0.25, -0.2) is 0 Å². The maximum Gasteiger partial charge on any atom is 0.229 e. The molecule has 92 valence electrons. The first-order valence-corrected chi connectivity index (χ1v) is 6.54. The van der Waals surface area contributed by atoms with Crippen molar-refractivity contribution in [3.63, 3.8) is 0 Å². The Labute approximate surface area is 110 Å². The molecule has 0 radical (unpaired) electrons. The molecule has 2 atom stereocenters. The van der Waals surface area contributed by atoms with Crippen molar-refractivity contribution in [1.29, 1.82) is 0 Å². The van der Waals surface area contributed by atoms with Gasteiger partial charge in [-0.3, -0.25) is 4.79 Å². The lowest BCUT2D eigenvalue weighted by atomic mass is 10.1. The summed E-state index contributed by atoms with van der Waals surface area (Å²) in [5.41, 5.74) is 1.98. The van der Waals surface area contributed by atoms with Gasteiger partial charge in [-0.15, -0.1) is 0 Å². The largest absolute Gasteiger partial charge is 0.378 e. The predicted octanol–water partition coefficient (Wildman–Crippen LogP) is 3.12. The Morgan fingerprint density at radius 2 is 2.29 bits per heavy atom. The Hall–Kier alpha value is -0.870. The predicted molar refractivity (Wildman–Crippen MR) is 71.0 cm³/mol. The summed E-state index contributed by atoms with van der Waals surface area (Å²) in [5, 5.41) is 2.92. The van der Waals surface area contributed by atoms with E-state index >= 15 is 0 Å². The zero-order valence-electron chi connectivity index (χ0n) is 10.00. The summed E-state index contributed by atoms with van der Waals surface area (Å²) >= 11 is 3.45. The lowest BCUT2D eigenvalue weighted by Gasteiger charge is -2.10. The number of aryl methyl sites for hydroxylation is 1. The van der Waals surface area contributed by atoms with Crippen LogP contribution in [0.5, 0.6) is 0 Å². The molecule has 1 saturated heterocycles. The lowest BCUT2D eigenvalue weighted by Crippen LogP contribution is -2.23. The summed E-state index contributed by atoms with van der Waals surface area (Å²) in [7, 11) is 0. The molecule has 2 rings (SSSR count). The van der Waals surface area contributed by atoms with Crippen molar-refractivity contribution in [3.05, 3.63) is 28.2 Å². The topological polar surface area (TPSA) is 38.3 Å². The van der Waals surface area contributed by atoms with E-state index in [1.54, 1.807) is 0 Å². The zero-order chi connectivity index (χ0) is 12.4. The minimum atomic E-state index is -0.0231. The smallest absolute Gasteiger partial charge is 0.229 e. The number of carbonyl (C=O) groups is 1. The second kappa shape index (κ2) is 5.19. The Bertz CT molecular complexity index is 433. The molecule has 3 nitrogen and oxygen atoms in total. The number of hydrogen-bond acceptors (Lipinski definition) is 2. The summed E-state index contributed by atoms with van der Waals surface area (Å²) in [6.45, 7) is 4.54. The highest BCUT2D eigenvalue weighted by molar-refractivity contribution is 9.10. The Balaban J connectivity index is 2.00. The van der Waals surface area contributed by atoms with E-state index in [1.807, 2.05) is 32.0 Å². The van der Waals surface area contributed by atoms with Crippen LogP contribution < -0.4 is 5.32 Å². The van der Waals surface area contributed by atoms with Crippen molar-refractivity contribution in [3.8, 4) is 0 Å². The van der Waals surface area contributed by atoms with Crippen molar-refractivity contribution in [2.24, 2.45) is 5.92 Å². The number of ether oxygens (including phenoxy) is 1. The van der Waals surface area contributed by atoms with Crippen LogP contribution in [0.4, 0.5) is 5.69 Å². The van der Waals surface area contributed by atoms with Crippen LogP contribution >= 0.6 is 15.9 Å². The highest BCUT2D eigenvalue weighted by atomic mass is 79.9. The number of anilines is 1. The molecule has 0 saturated carbocycles. The summed E-state index contributed by atoms with van der Waals surface area (Å²) in [4.78, 5) is 12.0. The average Bonchev–Trinajstić information content (AvgIpc) is 2.70. The number of amides is 1. The van der Waals surface area contributed by atoms with Gasteiger partial charge in [0.1, 0.15) is 0 Å². The summed E-state index contributed by atoms with van der Waals surface area (Å²) < 4.78 is 6.40. The molecule has 1 aliphatic rings. The van der Waals surface area contributed by atoms with Gasteiger partial charge < -0.3 is 10.1 Å². The van der Waals surface area contributed by atoms with E-state index in [-0.39, 0.29) is 17.9 Å². The molecule has 1 aliphatic heterocycles. The third-order valence-electron chi connectivity index (χ3n) is 3.01. The van der Waals surface area contributed by atoms with Gasteiger partial charge >= 0.3 is 0 Å². The molecule has 1 heterocycles. The highest BCUT2D eigenvalue weighted by Gasteiger charge is 2.28.